The number of ether oxygens (including phenoxy) is 1. The van der Waals surface area contributed by atoms with Crippen LogP contribution in [0.3, 0.4) is 0 Å². The van der Waals surface area contributed by atoms with Crippen molar-refractivity contribution in [1.29, 1.82) is 0 Å². The normalized spacial score (nSPS) is 37.5. The fourth-order valence-corrected chi connectivity index (χ4v) is 3.61. The van der Waals surface area contributed by atoms with Crippen molar-refractivity contribution in [1.82, 2.24) is 0 Å². The summed E-state index contributed by atoms with van der Waals surface area (Å²) in [4.78, 5) is 25.7. The molecule has 3 heterocycles. The summed E-state index contributed by atoms with van der Waals surface area (Å²) < 4.78 is 5.83. The molecule has 20 heavy (non-hydrogen) atoms. The number of carboxylic acid groups (broad SMARTS) is 1. The zero-order chi connectivity index (χ0) is 13.9. The zero-order valence-corrected chi connectivity index (χ0v) is 10.6. The molecular formula is C15H13NO4. The predicted molar refractivity (Wildman–Crippen MR) is 70.2 cm³/mol. The van der Waals surface area contributed by atoms with Gasteiger partial charge in [-0.2, -0.15) is 0 Å². The van der Waals surface area contributed by atoms with E-state index in [0.717, 1.165) is 5.69 Å². The van der Waals surface area contributed by atoms with E-state index < -0.39 is 29.5 Å². The molecule has 2 bridgehead atoms. The zero-order valence-electron chi connectivity index (χ0n) is 10.6. The monoisotopic (exact) mass is 271 g/mol. The summed E-state index contributed by atoms with van der Waals surface area (Å²) in [5.74, 6) is -2.51. The molecule has 3 aliphatic rings. The summed E-state index contributed by atoms with van der Waals surface area (Å²) in [5, 5.41) is 9.37. The molecule has 0 aromatic heterocycles. The molecule has 0 unspecified atom stereocenters. The lowest BCUT2D eigenvalue weighted by Gasteiger charge is -2.21. The van der Waals surface area contributed by atoms with Crippen LogP contribution in [0.5, 0.6) is 0 Å². The molecule has 4 atom stereocenters. The van der Waals surface area contributed by atoms with Crippen LogP contribution in [-0.4, -0.2) is 35.2 Å². The minimum Gasteiger partial charge on any atom is -0.481 e. The van der Waals surface area contributed by atoms with Crippen molar-refractivity contribution >= 4 is 17.6 Å². The molecule has 3 aliphatic heterocycles. The van der Waals surface area contributed by atoms with E-state index in [1.54, 1.807) is 11.0 Å². The number of carbonyl (C=O) groups excluding carboxylic acids is 1. The van der Waals surface area contributed by atoms with E-state index in [2.05, 4.69) is 0 Å². The van der Waals surface area contributed by atoms with E-state index in [9.17, 15) is 14.7 Å². The quantitative estimate of drug-likeness (QED) is 0.817. The maximum absolute atomic E-state index is 12.6. The molecule has 0 radical (unpaired) electrons. The Morgan fingerprint density at radius 3 is 2.80 bits per heavy atom. The van der Waals surface area contributed by atoms with Gasteiger partial charge in [-0.1, -0.05) is 30.4 Å². The first-order valence-electron chi connectivity index (χ1n) is 6.59. The Hall–Kier alpha value is -2.14. The number of hydrogen-bond acceptors (Lipinski definition) is 3. The lowest BCUT2D eigenvalue weighted by molar-refractivity contribution is -0.146. The number of carbonyl (C=O) groups is 2. The van der Waals surface area contributed by atoms with Gasteiger partial charge in [-0.25, -0.2) is 0 Å². The number of anilines is 1. The summed E-state index contributed by atoms with van der Waals surface area (Å²) in [6, 6.07) is 9.29. The van der Waals surface area contributed by atoms with E-state index >= 15 is 0 Å². The molecule has 0 saturated carbocycles. The second-order valence-electron chi connectivity index (χ2n) is 5.50. The van der Waals surface area contributed by atoms with Gasteiger partial charge >= 0.3 is 5.97 Å². The molecule has 5 heteroatoms. The van der Waals surface area contributed by atoms with Crippen molar-refractivity contribution in [2.24, 2.45) is 11.8 Å². The third-order valence-corrected chi connectivity index (χ3v) is 4.45. The number of benzene rings is 1. The lowest BCUT2D eigenvalue weighted by atomic mass is 9.77. The van der Waals surface area contributed by atoms with Gasteiger partial charge in [-0.3, -0.25) is 9.59 Å². The number of aliphatic carboxylic acids is 1. The van der Waals surface area contributed by atoms with Crippen LogP contribution in [0.25, 0.3) is 0 Å². The van der Waals surface area contributed by atoms with Crippen LogP contribution in [0, 0.1) is 11.8 Å². The molecule has 1 N–H and O–H groups in total. The Bertz CT molecular complexity index is 626. The van der Waals surface area contributed by atoms with E-state index in [1.807, 2.05) is 36.4 Å². The average Bonchev–Trinajstić information content (AvgIpc) is 3.08. The van der Waals surface area contributed by atoms with E-state index in [4.69, 9.17) is 4.74 Å². The SMILES string of the molecule is O=C(O)[C@H]1[C@@H]2C=C[C@]3(CN(c4ccccc4)C(=O)[C@@H]13)O2. The minimum atomic E-state index is -0.963. The van der Waals surface area contributed by atoms with Crippen molar-refractivity contribution in [3.05, 3.63) is 42.5 Å². The highest BCUT2D eigenvalue weighted by Crippen LogP contribution is 2.52. The first kappa shape index (κ1) is 11.7. The van der Waals surface area contributed by atoms with E-state index in [-0.39, 0.29) is 5.91 Å². The number of fused-ring (bicyclic) bond motifs is 1. The van der Waals surface area contributed by atoms with Crippen LogP contribution in [-0.2, 0) is 14.3 Å². The number of nitrogens with zero attached hydrogens (tertiary/aromatic N) is 1. The molecule has 5 nitrogen and oxygen atoms in total. The maximum atomic E-state index is 12.6. The topological polar surface area (TPSA) is 66.8 Å². The number of rotatable bonds is 2. The predicted octanol–water partition coefficient (Wildman–Crippen LogP) is 1.06. The van der Waals surface area contributed by atoms with Crippen LogP contribution in [0.15, 0.2) is 42.5 Å². The van der Waals surface area contributed by atoms with Crippen molar-refractivity contribution in [3.8, 4) is 0 Å². The van der Waals surface area contributed by atoms with Gasteiger partial charge in [0.1, 0.15) is 11.5 Å². The van der Waals surface area contributed by atoms with Gasteiger partial charge in [-0.05, 0) is 12.1 Å². The largest absolute Gasteiger partial charge is 0.481 e. The summed E-state index contributed by atoms with van der Waals surface area (Å²) in [7, 11) is 0. The molecule has 2 saturated heterocycles. The highest BCUT2D eigenvalue weighted by Gasteiger charge is 2.67. The molecule has 1 spiro atoms. The summed E-state index contributed by atoms with van der Waals surface area (Å²) in [6.07, 6.45) is 3.17. The molecule has 1 aromatic carbocycles. The smallest absolute Gasteiger partial charge is 0.310 e. The van der Waals surface area contributed by atoms with Gasteiger partial charge in [0.25, 0.3) is 0 Å². The highest BCUT2D eigenvalue weighted by atomic mass is 16.5. The standard InChI is InChI=1S/C15H13NO4/c17-13-12-11(14(18)19)10-6-7-15(12,20-10)8-16(13)9-4-2-1-3-5-9/h1-7,10-12H,8H2,(H,18,19)/t10-,11-,12+,15+/m0/s1. The van der Waals surface area contributed by atoms with Gasteiger partial charge in [-0.15, -0.1) is 0 Å². The number of carboxylic acids is 1. The van der Waals surface area contributed by atoms with Gasteiger partial charge in [0.05, 0.1) is 18.6 Å². The van der Waals surface area contributed by atoms with Gasteiger partial charge < -0.3 is 14.7 Å². The number of hydrogen-bond donors (Lipinski definition) is 1. The maximum Gasteiger partial charge on any atom is 0.310 e. The number of amides is 1. The van der Waals surface area contributed by atoms with Crippen LogP contribution in [0.4, 0.5) is 5.69 Å². The second kappa shape index (κ2) is 3.70. The summed E-state index contributed by atoms with van der Waals surface area (Å²) >= 11 is 0. The summed E-state index contributed by atoms with van der Waals surface area (Å²) in [6.45, 7) is 0.386. The minimum absolute atomic E-state index is 0.157. The molecule has 2 fully saturated rings. The van der Waals surface area contributed by atoms with E-state index in [1.165, 1.54) is 0 Å². The second-order valence-corrected chi connectivity index (χ2v) is 5.50. The summed E-state index contributed by atoms with van der Waals surface area (Å²) in [5.41, 5.74) is 0.0200. The van der Waals surface area contributed by atoms with Crippen LogP contribution in [0.1, 0.15) is 0 Å². The molecule has 1 amide bonds. The average molecular weight is 271 g/mol. The van der Waals surface area contributed by atoms with Crippen LogP contribution >= 0.6 is 0 Å². The first-order valence-corrected chi connectivity index (χ1v) is 6.59. The fourth-order valence-electron chi connectivity index (χ4n) is 3.61. The van der Waals surface area contributed by atoms with Crippen molar-refractivity contribution < 1.29 is 19.4 Å². The molecule has 0 aliphatic carbocycles. The van der Waals surface area contributed by atoms with E-state index in [0.29, 0.717) is 6.54 Å². The Morgan fingerprint density at radius 2 is 2.10 bits per heavy atom. The Labute approximate surface area is 115 Å². The number of para-hydroxylation sites is 1. The van der Waals surface area contributed by atoms with Gasteiger partial charge in [0, 0.05) is 5.69 Å². The third kappa shape index (κ3) is 1.30. The van der Waals surface area contributed by atoms with Crippen LogP contribution in [0.2, 0.25) is 0 Å². The van der Waals surface area contributed by atoms with Crippen LogP contribution < -0.4 is 4.90 Å². The molecule has 1 aromatic rings. The Morgan fingerprint density at radius 1 is 1.35 bits per heavy atom. The van der Waals surface area contributed by atoms with Crippen molar-refractivity contribution in [2.75, 3.05) is 11.4 Å². The fraction of sp³-hybridized carbons (Fsp3) is 0.333. The highest BCUT2D eigenvalue weighted by molar-refractivity contribution is 6.02. The van der Waals surface area contributed by atoms with Crippen molar-refractivity contribution in [2.45, 2.75) is 11.7 Å². The first-order chi connectivity index (χ1) is 9.62. The van der Waals surface area contributed by atoms with Gasteiger partial charge in [0.15, 0.2) is 0 Å². The van der Waals surface area contributed by atoms with Crippen molar-refractivity contribution in [3.63, 3.8) is 0 Å². The molecule has 4 rings (SSSR count). The van der Waals surface area contributed by atoms with Gasteiger partial charge in [0.2, 0.25) is 5.91 Å². The molecular weight excluding hydrogens is 258 g/mol. The Balaban J connectivity index is 1.76. The lowest BCUT2D eigenvalue weighted by Crippen LogP contribution is -2.39. The Kier molecular flexibility index (Phi) is 2.16. The third-order valence-electron chi connectivity index (χ3n) is 4.45. The molecule has 102 valence electrons.